The number of nitrogens with one attached hydrogen (secondary N) is 1. The van der Waals surface area contributed by atoms with E-state index in [1.165, 1.54) is 12.1 Å². The molecule has 4 aromatic rings. The maximum Gasteiger partial charge on any atom is 0.269 e. The van der Waals surface area contributed by atoms with Gasteiger partial charge in [0, 0.05) is 35.5 Å². The van der Waals surface area contributed by atoms with Crippen LogP contribution in [0.25, 0.3) is 10.9 Å². The lowest BCUT2D eigenvalue weighted by atomic mass is 9.96. The molecule has 0 unspecified atom stereocenters. The molecule has 0 fully saturated rings. The van der Waals surface area contributed by atoms with Crippen LogP contribution in [0.4, 0.5) is 11.5 Å². The first-order chi connectivity index (χ1) is 13.6. The number of phenols is 1. The summed E-state index contributed by atoms with van der Waals surface area (Å²) < 4.78 is 0. The van der Waals surface area contributed by atoms with Crippen LogP contribution in [0, 0.1) is 10.1 Å². The van der Waals surface area contributed by atoms with E-state index in [9.17, 15) is 15.2 Å². The van der Waals surface area contributed by atoms with E-state index in [1.807, 2.05) is 36.4 Å². The Labute approximate surface area is 160 Å². The quantitative estimate of drug-likeness (QED) is 0.397. The average molecular weight is 372 g/mol. The molecule has 0 radical (unpaired) electrons. The van der Waals surface area contributed by atoms with Gasteiger partial charge >= 0.3 is 0 Å². The fraction of sp³-hybridized carbons (Fsp3) is 0.0476. The summed E-state index contributed by atoms with van der Waals surface area (Å²) in [5.41, 5.74) is 1.85. The fourth-order valence-electron chi connectivity index (χ4n) is 3.10. The summed E-state index contributed by atoms with van der Waals surface area (Å²) in [6.45, 7) is 0. The fourth-order valence-corrected chi connectivity index (χ4v) is 3.10. The first-order valence-electron chi connectivity index (χ1n) is 8.62. The van der Waals surface area contributed by atoms with Crippen molar-refractivity contribution in [2.45, 2.75) is 6.04 Å². The highest BCUT2D eigenvalue weighted by molar-refractivity contribution is 5.86. The first kappa shape index (κ1) is 17.4. The molecule has 7 heteroatoms. The van der Waals surface area contributed by atoms with Crippen LogP contribution in [0.2, 0.25) is 0 Å². The predicted molar refractivity (Wildman–Crippen MR) is 106 cm³/mol. The molecule has 0 saturated heterocycles. The molecule has 0 aliphatic rings. The van der Waals surface area contributed by atoms with Gasteiger partial charge in [-0.25, -0.2) is 4.98 Å². The van der Waals surface area contributed by atoms with Gasteiger partial charge in [-0.15, -0.1) is 0 Å². The largest absolute Gasteiger partial charge is 0.505 e. The molecule has 2 aromatic carbocycles. The smallest absolute Gasteiger partial charge is 0.269 e. The lowest BCUT2D eigenvalue weighted by Crippen LogP contribution is -2.13. The molecular formula is C21H16N4O3. The van der Waals surface area contributed by atoms with E-state index < -0.39 is 11.0 Å². The van der Waals surface area contributed by atoms with E-state index in [1.54, 1.807) is 30.6 Å². The van der Waals surface area contributed by atoms with Crippen LogP contribution in [0.15, 0.2) is 79.1 Å². The Hall–Kier alpha value is -4.00. The summed E-state index contributed by atoms with van der Waals surface area (Å²) in [5.74, 6) is 0.677. The molecule has 0 aliphatic carbocycles. The predicted octanol–water partition coefficient (Wildman–Crippen LogP) is 4.45. The third kappa shape index (κ3) is 3.33. The van der Waals surface area contributed by atoms with Crippen LogP contribution in [-0.4, -0.2) is 20.0 Å². The number of nitrogens with zero attached hydrogens (tertiary/aromatic N) is 3. The van der Waals surface area contributed by atoms with Crippen molar-refractivity contribution in [3.63, 3.8) is 0 Å². The number of hydrogen-bond acceptors (Lipinski definition) is 6. The molecule has 0 saturated carbocycles. The second-order valence-corrected chi connectivity index (χ2v) is 6.22. The number of nitro groups is 1. The summed E-state index contributed by atoms with van der Waals surface area (Å²) >= 11 is 0. The number of phenolic OH excluding ortho intramolecular Hbond substituents is 1. The SMILES string of the molecule is O=[N+]([O-])c1ccc([C@H](Nc2ccccn2)c2ccc3cccnc3c2O)cc1. The maximum absolute atomic E-state index is 11.0. The lowest BCUT2D eigenvalue weighted by Gasteiger charge is -2.22. The molecule has 2 N–H and O–H groups in total. The number of nitro benzene ring substituents is 1. The molecule has 2 heterocycles. The molecule has 4 rings (SSSR count). The number of non-ortho nitro benzene ring substituents is 1. The Kier molecular flexibility index (Phi) is 4.55. The van der Waals surface area contributed by atoms with Crippen molar-refractivity contribution in [1.29, 1.82) is 0 Å². The monoisotopic (exact) mass is 372 g/mol. The number of aromatic nitrogens is 2. The van der Waals surface area contributed by atoms with E-state index in [-0.39, 0.29) is 11.4 Å². The van der Waals surface area contributed by atoms with Crippen molar-refractivity contribution in [1.82, 2.24) is 9.97 Å². The van der Waals surface area contributed by atoms with Crippen LogP contribution < -0.4 is 5.32 Å². The van der Waals surface area contributed by atoms with Gasteiger partial charge in [0.05, 0.1) is 11.0 Å². The third-order valence-corrected chi connectivity index (χ3v) is 4.48. The van der Waals surface area contributed by atoms with Crippen molar-refractivity contribution in [3.8, 4) is 5.75 Å². The number of anilines is 1. The van der Waals surface area contributed by atoms with Crippen molar-refractivity contribution in [3.05, 3.63) is 100 Å². The van der Waals surface area contributed by atoms with E-state index >= 15 is 0 Å². The van der Waals surface area contributed by atoms with Crippen molar-refractivity contribution in [2.24, 2.45) is 0 Å². The zero-order chi connectivity index (χ0) is 19.5. The molecule has 2 aromatic heterocycles. The van der Waals surface area contributed by atoms with Gasteiger partial charge in [0.15, 0.2) is 0 Å². The molecule has 7 nitrogen and oxygen atoms in total. The first-order valence-corrected chi connectivity index (χ1v) is 8.62. The van der Waals surface area contributed by atoms with Crippen LogP contribution in [0.5, 0.6) is 5.75 Å². The van der Waals surface area contributed by atoms with Gasteiger partial charge in [0.1, 0.15) is 17.1 Å². The van der Waals surface area contributed by atoms with Gasteiger partial charge in [0.2, 0.25) is 0 Å². The highest BCUT2D eigenvalue weighted by Gasteiger charge is 2.21. The van der Waals surface area contributed by atoms with Crippen molar-refractivity contribution in [2.75, 3.05) is 5.32 Å². The van der Waals surface area contributed by atoms with Crippen molar-refractivity contribution >= 4 is 22.4 Å². The minimum Gasteiger partial charge on any atom is -0.505 e. The standard InChI is InChI=1S/C21H16N4O3/c26-21-17(11-8-14-4-3-13-23-20(14)21)19(24-18-5-1-2-12-22-18)15-6-9-16(10-7-15)25(27)28/h1-13,19,26H,(H,22,24)/t19-/m0/s1. The van der Waals surface area contributed by atoms with E-state index in [0.717, 1.165) is 10.9 Å². The summed E-state index contributed by atoms with van der Waals surface area (Å²) in [5, 5.41) is 26.0. The average Bonchev–Trinajstić information content (AvgIpc) is 2.74. The number of aromatic hydroxyl groups is 1. The number of hydrogen-bond donors (Lipinski definition) is 2. The zero-order valence-electron chi connectivity index (χ0n) is 14.7. The zero-order valence-corrected chi connectivity index (χ0v) is 14.7. The Bertz CT molecular complexity index is 1130. The Morgan fingerprint density at radius 2 is 1.71 bits per heavy atom. The van der Waals surface area contributed by atoms with Crippen molar-refractivity contribution < 1.29 is 10.0 Å². The molecule has 0 amide bonds. The Morgan fingerprint density at radius 1 is 0.929 bits per heavy atom. The van der Waals surface area contributed by atoms with Crippen LogP contribution in [-0.2, 0) is 0 Å². The summed E-state index contributed by atoms with van der Waals surface area (Å²) in [6.07, 6.45) is 3.29. The summed E-state index contributed by atoms with van der Waals surface area (Å²) in [7, 11) is 0. The Morgan fingerprint density at radius 3 is 2.43 bits per heavy atom. The van der Waals surface area contributed by atoms with E-state index in [2.05, 4.69) is 15.3 Å². The highest BCUT2D eigenvalue weighted by atomic mass is 16.6. The minimum atomic E-state index is -0.470. The number of fused-ring (bicyclic) bond motifs is 1. The van der Waals surface area contributed by atoms with E-state index in [0.29, 0.717) is 16.9 Å². The van der Waals surface area contributed by atoms with Crippen LogP contribution in [0.3, 0.4) is 0 Å². The summed E-state index contributed by atoms with van der Waals surface area (Å²) in [4.78, 5) is 19.1. The van der Waals surface area contributed by atoms with Gasteiger partial charge in [-0.1, -0.05) is 24.3 Å². The topological polar surface area (TPSA) is 101 Å². The molecule has 1 atom stereocenters. The van der Waals surface area contributed by atoms with Crippen LogP contribution in [0.1, 0.15) is 17.2 Å². The lowest BCUT2D eigenvalue weighted by molar-refractivity contribution is -0.384. The van der Waals surface area contributed by atoms with Gasteiger partial charge < -0.3 is 10.4 Å². The Balaban J connectivity index is 1.83. The highest BCUT2D eigenvalue weighted by Crippen LogP contribution is 2.36. The van der Waals surface area contributed by atoms with Crippen LogP contribution >= 0.6 is 0 Å². The molecule has 0 aliphatic heterocycles. The van der Waals surface area contributed by atoms with Gasteiger partial charge in [-0.05, 0) is 35.9 Å². The van der Waals surface area contributed by atoms with Gasteiger partial charge in [0.25, 0.3) is 5.69 Å². The number of benzene rings is 2. The maximum atomic E-state index is 11.0. The molecular weight excluding hydrogens is 356 g/mol. The normalized spacial score (nSPS) is 11.9. The third-order valence-electron chi connectivity index (χ3n) is 4.48. The van der Waals surface area contributed by atoms with E-state index in [4.69, 9.17) is 0 Å². The molecule has 0 bridgehead atoms. The minimum absolute atomic E-state index is 0.00439. The van der Waals surface area contributed by atoms with Gasteiger partial charge in [-0.2, -0.15) is 0 Å². The molecule has 28 heavy (non-hydrogen) atoms. The molecule has 138 valence electrons. The second-order valence-electron chi connectivity index (χ2n) is 6.22. The van der Waals surface area contributed by atoms with Gasteiger partial charge in [-0.3, -0.25) is 15.1 Å². The number of pyridine rings is 2. The summed E-state index contributed by atoms with van der Waals surface area (Å²) in [6, 6.07) is 18.6. The molecule has 0 spiro atoms. The second kappa shape index (κ2) is 7.32. The number of rotatable bonds is 5.